The number of rotatable bonds is 5. The lowest BCUT2D eigenvalue weighted by Gasteiger charge is -2.34. The second kappa shape index (κ2) is 7.81. The van der Waals surface area contributed by atoms with Crippen LogP contribution in [0.5, 0.6) is 0 Å². The molecule has 6 heteroatoms. The number of urea groups is 1. The van der Waals surface area contributed by atoms with Gasteiger partial charge in [0.05, 0.1) is 6.61 Å². The van der Waals surface area contributed by atoms with Crippen molar-refractivity contribution in [2.24, 2.45) is 0 Å². The van der Waals surface area contributed by atoms with Crippen LogP contribution in [0.15, 0.2) is 24.5 Å². The van der Waals surface area contributed by atoms with Gasteiger partial charge in [-0.3, -0.25) is 9.88 Å². The van der Waals surface area contributed by atoms with E-state index in [1.165, 1.54) is 5.56 Å². The summed E-state index contributed by atoms with van der Waals surface area (Å²) in [7, 11) is 1.63. The van der Waals surface area contributed by atoms with Gasteiger partial charge in [-0.15, -0.1) is 0 Å². The van der Waals surface area contributed by atoms with E-state index in [9.17, 15) is 4.79 Å². The van der Waals surface area contributed by atoms with Crippen molar-refractivity contribution in [3.8, 4) is 0 Å². The number of amides is 2. The van der Waals surface area contributed by atoms with E-state index in [4.69, 9.17) is 4.74 Å². The smallest absolute Gasteiger partial charge is 0.317 e. The molecule has 0 atom stereocenters. The third-order valence-electron chi connectivity index (χ3n) is 3.37. The molecule has 0 saturated carbocycles. The van der Waals surface area contributed by atoms with Gasteiger partial charge in [-0.1, -0.05) is 6.07 Å². The summed E-state index contributed by atoms with van der Waals surface area (Å²) in [6.07, 6.45) is 3.68. The second-order valence-corrected chi connectivity index (χ2v) is 4.85. The Labute approximate surface area is 119 Å². The summed E-state index contributed by atoms with van der Waals surface area (Å²) in [5, 5.41) is 2.85. The Morgan fingerprint density at radius 2 is 2.20 bits per heavy atom. The zero-order chi connectivity index (χ0) is 14.2. The molecule has 1 N–H and O–H groups in total. The molecular weight excluding hydrogens is 256 g/mol. The summed E-state index contributed by atoms with van der Waals surface area (Å²) in [6.45, 7) is 5.32. The minimum atomic E-state index is 0.00285. The van der Waals surface area contributed by atoms with Crippen LogP contribution in [-0.2, 0) is 11.3 Å². The van der Waals surface area contributed by atoms with Crippen molar-refractivity contribution in [3.63, 3.8) is 0 Å². The van der Waals surface area contributed by atoms with Crippen LogP contribution in [0.3, 0.4) is 0 Å². The zero-order valence-corrected chi connectivity index (χ0v) is 11.9. The van der Waals surface area contributed by atoms with Gasteiger partial charge in [-0.2, -0.15) is 0 Å². The summed E-state index contributed by atoms with van der Waals surface area (Å²) in [5.74, 6) is 0. The Balaban J connectivity index is 1.71. The Morgan fingerprint density at radius 3 is 2.85 bits per heavy atom. The molecule has 1 aliphatic heterocycles. The van der Waals surface area contributed by atoms with Gasteiger partial charge in [0, 0.05) is 58.8 Å². The number of nitrogens with one attached hydrogen (secondary N) is 1. The first-order valence-electron chi connectivity index (χ1n) is 6.92. The zero-order valence-electron chi connectivity index (χ0n) is 11.9. The number of carbonyl (C=O) groups excluding carboxylic acids is 1. The van der Waals surface area contributed by atoms with Crippen LogP contribution in [0.4, 0.5) is 4.79 Å². The first-order valence-corrected chi connectivity index (χ1v) is 6.92. The van der Waals surface area contributed by atoms with Gasteiger partial charge in [0.1, 0.15) is 0 Å². The fraction of sp³-hybridized carbons (Fsp3) is 0.571. The SMILES string of the molecule is COCCNC(=O)N1CCN(Cc2cccnc2)CC1. The highest BCUT2D eigenvalue weighted by atomic mass is 16.5. The standard InChI is InChI=1S/C14H22N4O2/c1-20-10-5-16-14(19)18-8-6-17(7-9-18)12-13-3-2-4-15-11-13/h2-4,11H,5-10,12H2,1H3,(H,16,19). The quantitative estimate of drug-likeness (QED) is 0.799. The molecule has 0 aliphatic carbocycles. The fourth-order valence-corrected chi connectivity index (χ4v) is 2.23. The number of aromatic nitrogens is 1. The van der Waals surface area contributed by atoms with Crippen LogP contribution in [0.1, 0.15) is 5.56 Å². The van der Waals surface area contributed by atoms with E-state index in [2.05, 4.69) is 21.3 Å². The maximum absolute atomic E-state index is 11.9. The molecule has 0 radical (unpaired) electrons. The largest absolute Gasteiger partial charge is 0.383 e. The first kappa shape index (κ1) is 14.7. The van der Waals surface area contributed by atoms with E-state index in [0.29, 0.717) is 13.2 Å². The molecule has 0 spiro atoms. The Hall–Kier alpha value is -1.66. The number of nitrogens with zero attached hydrogens (tertiary/aromatic N) is 3. The third-order valence-corrected chi connectivity index (χ3v) is 3.37. The molecule has 1 aliphatic rings. The van der Waals surface area contributed by atoms with Gasteiger partial charge in [0.15, 0.2) is 0 Å². The van der Waals surface area contributed by atoms with Crippen LogP contribution >= 0.6 is 0 Å². The molecule has 0 unspecified atom stereocenters. The van der Waals surface area contributed by atoms with Gasteiger partial charge >= 0.3 is 6.03 Å². The lowest BCUT2D eigenvalue weighted by molar-refractivity contribution is 0.132. The van der Waals surface area contributed by atoms with Crippen molar-refractivity contribution >= 4 is 6.03 Å². The number of hydrogen-bond acceptors (Lipinski definition) is 4. The summed E-state index contributed by atoms with van der Waals surface area (Å²) >= 11 is 0. The molecule has 2 amide bonds. The molecule has 2 heterocycles. The molecule has 1 aromatic heterocycles. The summed E-state index contributed by atoms with van der Waals surface area (Å²) in [4.78, 5) is 20.2. The van der Waals surface area contributed by atoms with Crippen molar-refractivity contribution in [3.05, 3.63) is 30.1 Å². The van der Waals surface area contributed by atoms with Crippen molar-refractivity contribution in [2.45, 2.75) is 6.54 Å². The topological polar surface area (TPSA) is 57.7 Å². The number of ether oxygens (including phenoxy) is 1. The lowest BCUT2D eigenvalue weighted by atomic mass is 10.2. The van der Waals surface area contributed by atoms with Crippen LogP contribution in [0, 0.1) is 0 Å². The fourth-order valence-electron chi connectivity index (χ4n) is 2.23. The molecule has 1 fully saturated rings. The van der Waals surface area contributed by atoms with Crippen molar-refractivity contribution in [1.29, 1.82) is 0 Å². The lowest BCUT2D eigenvalue weighted by Crippen LogP contribution is -2.51. The Morgan fingerprint density at radius 1 is 1.40 bits per heavy atom. The van der Waals surface area contributed by atoms with E-state index in [1.54, 1.807) is 13.3 Å². The highest BCUT2D eigenvalue weighted by Crippen LogP contribution is 2.07. The molecule has 1 aromatic rings. The van der Waals surface area contributed by atoms with Gasteiger partial charge in [-0.05, 0) is 11.6 Å². The highest BCUT2D eigenvalue weighted by Gasteiger charge is 2.20. The summed E-state index contributed by atoms with van der Waals surface area (Å²) in [5.41, 5.74) is 1.21. The molecule has 6 nitrogen and oxygen atoms in total. The second-order valence-electron chi connectivity index (χ2n) is 4.85. The highest BCUT2D eigenvalue weighted by molar-refractivity contribution is 5.74. The van der Waals surface area contributed by atoms with Crippen molar-refractivity contribution < 1.29 is 9.53 Å². The van der Waals surface area contributed by atoms with E-state index in [1.807, 2.05) is 17.2 Å². The molecular formula is C14H22N4O2. The van der Waals surface area contributed by atoms with Crippen LogP contribution in [0.25, 0.3) is 0 Å². The van der Waals surface area contributed by atoms with Gasteiger partial charge < -0.3 is 15.0 Å². The maximum atomic E-state index is 11.9. The minimum Gasteiger partial charge on any atom is -0.383 e. The van der Waals surface area contributed by atoms with Crippen molar-refractivity contribution in [2.75, 3.05) is 46.4 Å². The maximum Gasteiger partial charge on any atom is 0.317 e. The predicted octanol–water partition coefficient (Wildman–Crippen LogP) is 0.555. The number of pyridine rings is 1. The predicted molar refractivity (Wildman–Crippen MR) is 76.4 cm³/mol. The van der Waals surface area contributed by atoms with Gasteiger partial charge in [-0.25, -0.2) is 4.79 Å². The average Bonchev–Trinajstić information content (AvgIpc) is 2.49. The normalized spacial score (nSPS) is 16.1. The van der Waals surface area contributed by atoms with E-state index >= 15 is 0 Å². The Bertz CT molecular complexity index is 405. The summed E-state index contributed by atoms with van der Waals surface area (Å²) in [6, 6.07) is 4.04. The molecule has 0 bridgehead atoms. The van der Waals surface area contributed by atoms with E-state index in [-0.39, 0.29) is 6.03 Å². The van der Waals surface area contributed by atoms with Crippen LogP contribution < -0.4 is 5.32 Å². The Kier molecular flexibility index (Phi) is 5.76. The summed E-state index contributed by atoms with van der Waals surface area (Å²) < 4.78 is 4.92. The number of piperazine rings is 1. The van der Waals surface area contributed by atoms with E-state index in [0.717, 1.165) is 32.7 Å². The number of methoxy groups -OCH3 is 1. The molecule has 1 saturated heterocycles. The molecule has 110 valence electrons. The first-order chi connectivity index (χ1) is 9.79. The minimum absolute atomic E-state index is 0.00285. The van der Waals surface area contributed by atoms with Gasteiger partial charge in [0.2, 0.25) is 0 Å². The van der Waals surface area contributed by atoms with Gasteiger partial charge in [0.25, 0.3) is 0 Å². The molecule has 20 heavy (non-hydrogen) atoms. The molecule has 2 rings (SSSR count). The monoisotopic (exact) mass is 278 g/mol. The average molecular weight is 278 g/mol. The van der Waals surface area contributed by atoms with Crippen LogP contribution in [0.2, 0.25) is 0 Å². The number of carbonyl (C=O) groups is 1. The van der Waals surface area contributed by atoms with E-state index < -0.39 is 0 Å². The van der Waals surface area contributed by atoms with Crippen LogP contribution in [-0.4, -0.2) is 67.3 Å². The number of hydrogen-bond donors (Lipinski definition) is 1. The van der Waals surface area contributed by atoms with Crippen molar-refractivity contribution in [1.82, 2.24) is 20.1 Å². The third kappa shape index (κ3) is 4.47. The molecule has 0 aromatic carbocycles.